The number of benzene rings is 2. The van der Waals surface area contributed by atoms with Crippen LogP contribution in [0, 0.1) is 6.92 Å². The fourth-order valence-corrected chi connectivity index (χ4v) is 2.41. The number of esters is 1. The quantitative estimate of drug-likeness (QED) is 0.653. The van der Waals surface area contributed by atoms with E-state index in [4.69, 9.17) is 11.6 Å². The summed E-state index contributed by atoms with van der Waals surface area (Å²) in [4.78, 5) is 22.4. The molecular formula is C18H20ClNO4. The van der Waals surface area contributed by atoms with Crippen LogP contribution in [0.4, 0.5) is 0 Å². The third kappa shape index (κ3) is 4.34. The van der Waals surface area contributed by atoms with Crippen LogP contribution in [0.5, 0.6) is 5.75 Å². The van der Waals surface area contributed by atoms with Gasteiger partial charge in [-0.25, -0.2) is 4.79 Å². The fourth-order valence-electron chi connectivity index (χ4n) is 2.18. The van der Waals surface area contributed by atoms with E-state index in [-0.39, 0.29) is 16.3 Å². The Morgan fingerprint density at radius 3 is 2.38 bits per heavy atom. The van der Waals surface area contributed by atoms with Crippen molar-refractivity contribution in [2.75, 3.05) is 14.2 Å². The van der Waals surface area contributed by atoms with Gasteiger partial charge in [0.25, 0.3) is 0 Å². The predicted octanol–water partition coefficient (Wildman–Crippen LogP) is 3.12. The molecule has 0 amide bonds. The second-order valence-electron chi connectivity index (χ2n) is 4.90. The number of aromatic hydroxyl groups is 1. The molecule has 0 unspecified atom stereocenters. The first-order chi connectivity index (χ1) is 11.5. The van der Waals surface area contributed by atoms with Gasteiger partial charge >= 0.3 is 5.97 Å². The van der Waals surface area contributed by atoms with Crippen molar-refractivity contribution in [1.82, 2.24) is 0 Å². The lowest BCUT2D eigenvalue weighted by molar-refractivity contribution is 0.0600. The second kappa shape index (κ2) is 9.05. The molecule has 128 valence electrons. The Balaban J connectivity index is 0.00000139. The predicted molar refractivity (Wildman–Crippen MR) is 93.9 cm³/mol. The first-order valence-corrected chi connectivity index (χ1v) is 7.56. The molecule has 0 saturated heterocycles. The van der Waals surface area contributed by atoms with Gasteiger partial charge in [-0.3, -0.25) is 4.79 Å². The molecule has 2 rings (SSSR count). The summed E-state index contributed by atoms with van der Waals surface area (Å²) >= 11 is 6.05. The van der Waals surface area contributed by atoms with Crippen LogP contribution >= 0.6 is 11.6 Å². The maximum atomic E-state index is 11.4. The number of carbonyl (C=O) groups is 2. The number of carbonyl (C=O) groups excluding carboxylic acids is 2. The van der Waals surface area contributed by atoms with E-state index in [0.29, 0.717) is 18.3 Å². The van der Waals surface area contributed by atoms with Crippen molar-refractivity contribution in [3.05, 3.63) is 63.2 Å². The maximum Gasteiger partial charge on any atom is 0.337 e. The first-order valence-electron chi connectivity index (χ1n) is 7.19. The van der Waals surface area contributed by atoms with Crippen LogP contribution in [0.25, 0.3) is 0 Å². The van der Waals surface area contributed by atoms with Crippen LogP contribution in [0.15, 0.2) is 30.3 Å². The summed E-state index contributed by atoms with van der Waals surface area (Å²) < 4.78 is 4.65. The number of phenols is 1. The zero-order valence-electron chi connectivity index (χ0n) is 13.8. The highest BCUT2D eigenvalue weighted by Crippen LogP contribution is 2.33. The molecule has 0 saturated carbocycles. The van der Waals surface area contributed by atoms with Gasteiger partial charge in [-0.2, -0.15) is 0 Å². The summed E-state index contributed by atoms with van der Waals surface area (Å²) in [7, 11) is 2.83. The number of hydrogen-bond acceptors (Lipinski definition) is 5. The van der Waals surface area contributed by atoms with Gasteiger partial charge in [-0.15, -0.1) is 0 Å². The molecule has 0 spiro atoms. The number of ether oxygens (including phenoxy) is 1. The zero-order valence-corrected chi connectivity index (χ0v) is 14.6. The molecule has 6 heteroatoms. The Bertz CT molecular complexity index is 727. The highest BCUT2D eigenvalue weighted by atomic mass is 35.5. The lowest BCUT2D eigenvalue weighted by Gasteiger charge is -2.11. The molecule has 0 aliphatic heterocycles. The van der Waals surface area contributed by atoms with Crippen LogP contribution < -0.4 is 5.73 Å². The number of methoxy groups -OCH3 is 1. The van der Waals surface area contributed by atoms with E-state index in [0.717, 1.165) is 16.7 Å². The highest BCUT2D eigenvalue weighted by molar-refractivity contribution is 6.33. The molecular weight excluding hydrogens is 330 g/mol. The molecule has 2 aromatic carbocycles. The normalized spacial score (nSPS) is 9.71. The molecule has 0 atom stereocenters. The van der Waals surface area contributed by atoms with Gasteiger partial charge < -0.3 is 15.6 Å². The largest absolute Gasteiger partial charge is 0.506 e. The molecule has 3 N–H and O–H groups in total. The molecule has 0 aromatic heterocycles. The molecule has 0 bridgehead atoms. The standard InChI is InChI=1S/C17H15ClO4.CH5N/c1-10-13(8-14(9-19)16(20)15(10)18)7-11-3-5-12(6-4-11)17(21)22-2;1-2/h3-6,8-9,20H,7H2,1-2H3;2H2,1H3. The Hall–Kier alpha value is -2.37. The van der Waals surface area contributed by atoms with Gasteiger partial charge in [0, 0.05) is 0 Å². The SMILES string of the molecule is CN.COC(=O)c1ccc(Cc2cc(C=O)c(O)c(Cl)c2C)cc1. The Kier molecular flexibility index (Phi) is 7.42. The van der Waals surface area contributed by atoms with E-state index >= 15 is 0 Å². The molecule has 0 aliphatic carbocycles. The topological polar surface area (TPSA) is 89.6 Å². The monoisotopic (exact) mass is 349 g/mol. The van der Waals surface area contributed by atoms with E-state index in [1.54, 1.807) is 25.1 Å². The van der Waals surface area contributed by atoms with Gasteiger partial charge in [0.1, 0.15) is 5.75 Å². The van der Waals surface area contributed by atoms with Crippen LogP contribution in [-0.4, -0.2) is 31.5 Å². The smallest absolute Gasteiger partial charge is 0.337 e. The minimum absolute atomic E-state index is 0.164. The van der Waals surface area contributed by atoms with Crippen molar-refractivity contribution in [2.24, 2.45) is 5.73 Å². The summed E-state index contributed by atoms with van der Waals surface area (Å²) in [5, 5.41) is 9.96. The number of rotatable bonds is 4. The van der Waals surface area contributed by atoms with Crippen molar-refractivity contribution in [1.29, 1.82) is 0 Å². The Labute approximate surface area is 146 Å². The highest BCUT2D eigenvalue weighted by Gasteiger charge is 2.13. The molecule has 0 radical (unpaired) electrons. The second-order valence-corrected chi connectivity index (χ2v) is 5.27. The van der Waals surface area contributed by atoms with Gasteiger partial charge in [-0.05, 0) is 55.3 Å². The lowest BCUT2D eigenvalue weighted by Crippen LogP contribution is -2.01. The molecule has 0 heterocycles. The third-order valence-electron chi connectivity index (χ3n) is 3.52. The van der Waals surface area contributed by atoms with Gasteiger partial charge in [0.15, 0.2) is 6.29 Å². The first kappa shape index (κ1) is 19.7. The fraction of sp³-hybridized carbons (Fsp3) is 0.222. The van der Waals surface area contributed by atoms with Crippen molar-refractivity contribution in [3.8, 4) is 5.75 Å². The van der Waals surface area contributed by atoms with E-state index in [9.17, 15) is 14.7 Å². The van der Waals surface area contributed by atoms with Gasteiger partial charge in [0.2, 0.25) is 0 Å². The van der Waals surface area contributed by atoms with Gasteiger partial charge in [-0.1, -0.05) is 23.7 Å². The maximum absolute atomic E-state index is 11.4. The average molecular weight is 350 g/mol. The molecule has 0 aliphatic rings. The molecule has 5 nitrogen and oxygen atoms in total. The Morgan fingerprint density at radius 2 is 1.88 bits per heavy atom. The van der Waals surface area contributed by atoms with Crippen LogP contribution in [-0.2, 0) is 11.2 Å². The molecule has 0 fully saturated rings. The summed E-state index contributed by atoms with van der Waals surface area (Å²) in [5.41, 5.74) is 7.66. The summed E-state index contributed by atoms with van der Waals surface area (Å²) in [6.45, 7) is 1.79. The lowest BCUT2D eigenvalue weighted by atomic mass is 9.97. The number of hydrogen-bond donors (Lipinski definition) is 2. The van der Waals surface area contributed by atoms with Crippen LogP contribution in [0.2, 0.25) is 5.02 Å². The molecule has 2 aromatic rings. The number of phenolic OH excluding ortho intramolecular Hbond substituents is 1. The minimum atomic E-state index is -0.390. The van der Waals surface area contributed by atoms with Crippen LogP contribution in [0.1, 0.15) is 37.4 Å². The van der Waals surface area contributed by atoms with E-state index in [1.165, 1.54) is 14.2 Å². The van der Waals surface area contributed by atoms with Crippen molar-refractivity contribution in [2.45, 2.75) is 13.3 Å². The zero-order chi connectivity index (χ0) is 18.3. The van der Waals surface area contributed by atoms with E-state index in [1.807, 2.05) is 12.1 Å². The summed E-state index contributed by atoms with van der Waals surface area (Å²) in [6, 6.07) is 8.61. The van der Waals surface area contributed by atoms with E-state index < -0.39 is 5.97 Å². The van der Waals surface area contributed by atoms with Gasteiger partial charge in [0.05, 0.1) is 23.3 Å². The third-order valence-corrected chi connectivity index (χ3v) is 3.98. The number of nitrogens with two attached hydrogens (primary N) is 1. The molecule has 24 heavy (non-hydrogen) atoms. The summed E-state index contributed by atoms with van der Waals surface area (Å²) in [6.07, 6.45) is 1.11. The summed E-state index contributed by atoms with van der Waals surface area (Å²) in [5.74, 6) is -0.586. The number of aldehydes is 1. The van der Waals surface area contributed by atoms with Crippen molar-refractivity contribution >= 4 is 23.9 Å². The number of halogens is 1. The van der Waals surface area contributed by atoms with Crippen molar-refractivity contribution < 1.29 is 19.4 Å². The average Bonchev–Trinajstić information content (AvgIpc) is 2.63. The van der Waals surface area contributed by atoms with Crippen molar-refractivity contribution in [3.63, 3.8) is 0 Å². The minimum Gasteiger partial charge on any atom is -0.506 e. The Morgan fingerprint density at radius 1 is 1.29 bits per heavy atom. The van der Waals surface area contributed by atoms with Crippen LogP contribution in [0.3, 0.4) is 0 Å². The van der Waals surface area contributed by atoms with E-state index in [2.05, 4.69) is 10.5 Å².